The molecule has 0 atom stereocenters. The topological polar surface area (TPSA) is 27.1 Å². The van der Waals surface area contributed by atoms with E-state index in [0.717, 1.165) is 11.6 Å². The highest BCUT2D eigenvalue weighted by Gasteiger charge is 2.02. The smallest absolute Gasteiger partial charge is 0.217 e. The lowest BCUT2D eigenvalue weighted by Gasteiger charge is -2.07. The SMILES string of the molecule is Cc1cc(C)cc(Oc2ccnn2C)c1. The van der Waals surface area contributed by atoms with Gasteiger partial charge in [-0.25, -0.2) is 4.68 Å². The van der Waals surface area contributed by atoms with Crippen LogP contribution in [-0.4, -0.2) is 9.78 Å². The number of hydrogen-bond donors (Lipinski definition) is 0. The van der Waals surface area contributed by atoms with Crippen LogP contribution in [0.15, 0.2) is 30.5 Å². The van der Waals surface area contributed by atoms with Gasteiger partial charge < -0.3 is 4.74 Å². The van der Waals surface area contributed by atoms with Gasteiger partial charge in [-0.05, 0) is 37.1 Å². The number of ether oxygens (including phenoxy) is 1. The van der Waals surface area contributed by atoms with Crippen molar-refractivity contribution in [1.29, 1.82) is 0 Å². The van der Waals surface area contributed by atoms with Gasteiger partial charge in [0.25, 0.3) is 0 Å². The Morgan fingerprint density at radius 2 is 1.80 bits per heavy atom. The Hall–Kier alpha value is -1.77. The van der Waals surface area contributed by atoms with E-state index in [4.69, 9.17) is 4.74 Å². The first-order valence-corrected chi connectivity index (χ1v) is 4.89. The first-order chi connectivity index (χ1) is 7.15. The molecule has 0 fully saturated rings. The highest BCUT2D eigenvalue weighted by molar-refractivity contribution is 5.35. The maximum Gasteiger partial charge on any atom is 0.217 e. The van der Waals surface area contributed by atoms with E-state index in [0.29, 0.717) is 0 Å². The molecule has 2 aromatic rings. The molecular weight excluding hydrogens is 188 g/mol. The summed E-state index contributed by atoms with van der Waals surface area (Å²) >= 11 is 0. The van der Waals surface area contributed by atoms with Crippen LogP contribution < -0.4 is 4.74 Å². The largest absolute Gasteiger partial charge is 0.439 e. The fourth-order valence-corrected chi connectivity index (χ4v) is 1.57. The van der Waals surface area contributed by atoms with Crippen molar-refractivity contribution in [2.75, 3.05) is 0 Å². The molecule has 1 heterocycles. The molecule has 0 N–H and O–H groups in total. The minimum absolute atomic E-state index is 0.750. The lowest BCUT2D eigenvalue weighted by Crippen LogP contribution is -1.95. The first kappa shape index (κ1) is 9.77. The Morgan fingerprint density at radius 3 is 2.33 bits per heavy atom. The van der Waals surface area contributed by atoms with E-state index in [1.54, 1.807) is 10.9 Å². The number of aromatic nitrogens is 2. The van der Waals surface area contributed by atoms with Crippen LogP contribution >= 0.6 is 0 Å². The van der Waals surface area contributed by atoms with Crippen molar-refractivity contribution in [3.05, 3.63) is 41.6 Å². The van der Waals surface area contributed by atoms with Crippen LogP contribution in [0.3, 0.4) is 0 Å². The zero-order chi connectivity index (χ0) is 10.8. The average molecular weight is 202 g/mol. The quantitative estimate of drug-likeness (QED) is 0.748. The second-order valence-electron chi connectivity index (χ2n) is 3.72. The van der Waals surface area contributed by atoms with Crippen molar-refractivity contribution < 1.29 is 4.74 Å². The van der Waals surface area contributed by atoms with Crippen molar-refractivity contribution in [1.82, 2.24) is 9.78 Å². The molecule has 78 valence electrons. The van der Waals surface area contributed by atoms with Gasteiger partial charge in [0.15, 0.2) is 0 Å². The third-order valence-corrected chi connectivity index (χ3v) is 2.19. The third kappa shape index (κ3) is 2.18. The average Bonchev–Trinajstić information content (AvgIpc) is 2.50. The molecule has 2 rings (SSSR count). The molecule has 1 aromatic heterocycles. The highest BCUT2D eigenvalue weighted by atomic mass is 16.5. The van der Waals surface area contributed by atoms with E-state index >= 15 is 0 Å². The van der Waals surface area contributed by atoms with Crippen molar-refractivity contribution in [3.8, 4) is 11.6 Å². The van der Waals surface area contributed by atoms with E-state index in [2.05, 4.69) is 25.0 Å². The van der Waals surface area contributed by atoms with Crippen molar-refractivity contribution in [2.45, 2.75) is 13.8 Å². The van der Waals surface area contributed by atoms with Gasteiger partial charge in [0.2, 0.25) is 5.88 Å². The Labute approximate surface area is 89.3 Å². The van der Waals surface area contributed by atoms with Gasteiger partial charge in [-0.2, -0.15) is 5.10 Å². The Bertz CT molecular complexity index is 454. The molecule has 0 amide bonds. The van der Waals surface area contributed by atoms with Crippen molar-refractivity contribution >= 4 is 0 Å². The Morgan fingerprint density at radius 1 is 1.13 bits per heavy atom. The van der Waals surface area contributed by atoms with Gasteiger partial charge in [0, 0.05) is 13.1 Å². The van der Waals surface area contributed by atoms with E-state index < -0.39 is 0 Å². The lowest BCUT2D eigenvalue weighted by molar-refractivity contribution is 0.430. The third-order valence-electron chi connectivity index (χ3n) is 2.19. The van der Waals surface area contributed by atoms with Crippen LogP contribution in [0.4, 0.5) is 0 Å². The summed E-state index contributed by atoms with van der Waals surface area (Å²) in [6, 6.07) is 7.99. The summed E-state index contributed by atoms with van der Waals surface area (Å²) in [5.41, 5.74) is 2.40. The minimum atomic E-state index is 0.750. The van der Waals surface area contributed by atoms with E-state index in [-0.39, 0.29) is 0 Å². The molecule has 0 aliphatic rings. The molecule has 0 aliphatic carbocycles. The molecular formula is C12H14N2O. The standard InChI is InChI=1S/C12H14N2O/c1-9-6-10(2)8-11(7-9)15-12-4-5-13-14(12)3/h4-8H,1-3H3. The summed E-state index contributed by atoms with van der Waals surface area (Å²) < 4.78 is 7.42. The van der Waals surface area contributed by atoms with Crippen LogP contribution in [0.5, 0.6) is 11.6 Å². The molecule has 0 aliphatic heterocycles. The number of hydrogen-bond acceptors (Lipinski definition) is 2. The number of aryl methyl sites for hydroxylation is 3. The number of rotatable bonds is 2. The second-order valence-corrected chi connectivity index (χ2v) is 3.72. The highest BCUT2D eigenvalue weighted by Crippen LogP contribution is 2.22. The molecule has 0 radical (unpaired) electrons. The fourth-order valence-electron chi connectivity index (χ4n) is 1.57. The molecule has 0 saturated heterocycles. The molecule has 0 saturated carbocycles. The van der Waals surface area contributed by atoms with Crippen molar-refractivity contribution in [3.63, 3.8) is 0 Å². The van der Waals surface area contributed by atoms with Gasteiger partial charge in [0.1, 0.15) is 5.75 Å². The normalized spacial score (nSPS) is 10.3. The maximum atomic E-state index is 5.71. The predicted octanol–water partition coefficient (Wildman–Crippen LogP) is 2.83. The Balaban J connectivity index is 2.28. The summed E-state index contributed by atoms with van der Waals surface area (Å²) in [5.74, 6) is 1.61. The molecule has 0 spiro atoms. The van der Waals surface area contributed by atoms with E-state index in [1.165, 1.54) is 11.1 Å². The van der Waals surface area contributed by atoms with E-state index in [1.807, 2.05) is 25.2 Å². The minimum Gasteiger partial charge on any atom is -0.439 e. The van der Waals surface area contributed by atoms with Crippen LogP contribution in [0.1, 0.15) is 11.1 Å². The summed E-state index contributed by atoms with van der Waals surface area (Å²) in [7, 11) is 1.86. The lowest BCUT2D eigenvalue weighted by atomic mass is 10.1. The van der Waals surface area contributed by atoms with Gasteiger partial charge in [0.05, 0.1) is 6.20 Å². The summed E-state index contributed by atoms with van der Waals surface area (Å²) in [4.78, 5) is 0. The van der Waals surface area contributed by atoms with Crippen molar-refractivity contribution in [2.24, 2.45) is 7.05 Å². The zero-order valence-corrected chi connectivity index (χ0v) is 9.19. The number of nitrogens with zero attached hydrogens (tertiary/aromatic N) is 2. The van der Waals surface area contributed by atoms with Crippen LogP contribution in [0.25, 0.3) is 0 Å². The zero-order valence-electron chi connectivity index (χ0n) is 9.19. The van der Waals surface area contributed by atoms with E-state index in [9.17, 15) is 0 Å². The van der Waals surface area contributed by atoms with Gasteiger partial charge in [-0.3, -0.25) is 0 Å². The van der Waals surface area contributed by atoms with Crippen LogP contribution in [-0.2, 0) is 7.05 Å². The molecule has 3 nitrogen and oxygen atoms in total. The summed E-state index contributed by atoms with van der Waals surface area (Å²) in [6.07, 6.45) is 1.72. The molecule has 15 heavy (non-hydrogen) atoms. The van der Waals surface area contributed by atoms with Gasteiger partial charge >= 0.3 is 0 Å². The summed E-state index contributed by atoms with van der Waals surface area (Å²) in [5, 5.41) is 4.05. The fraction of sp³-hybridized carbons (Fsp3) is 0.250. The first-order valence-electron chi connectivity index (χ1n) is 4.89. The van der Waals surface area contributed by atoms with Gasteiger partial charge in [-0.1, -0.05) is 6.07 Å². The predicted molar refractivity (Wildman–Crippen MR) is 59.2 cm³/mol. The Kier molecular flexibility index (Phi) is 2.46. The molecule has 0 unspecified atom stereocenters. The maximum absolute atomic E-state index is 5.71. The molecule has 3 heteroatoms. The van der Waals surface area contributed by atoms with Crippen LogP contribution in [0.2, 0.25) is 0 Å². The van der Waals surface area contributed by atoms with Gasteiger partial charge in [-0.15, -0.1) is 0 Å². The van der Waals surface area contributed by atoms with Crippen LogP contribution in [0, 0.1) is 13.8 Å². The monoisotopic (exact) mass is 202 g/mol. The second kappa shape index (κ2) is 3.77. The number of benzene rings is 1. The molecule has 0 bridgehead atoms. The summed E-state index contributed by atoms with van der Waals surface area (Å²) in [6.45, 7) is 4.12. The molecule has 1 aromatic carbocycles.